The molecule has 2 N–H and O–H groups in total. The largest absolute Gasteiger partial charge is 0.387 e. The van der Waals surface area contributed by atoms with Crippen LogP contribution in [0.1, 0.15) is 23.3 Å². The molecule has 3 nitrogen and oxygen atoms in total. The standard InChI is InChI=1S/C24H16O3/c25-21-16-10-9-14-13-5-1-3-11-7-8-12-4-2-6-15(18(12)17(11)13)19(14)20(16)23-24(27-23)22(21)26/h1-10,21-26H/t21-,22+,23-,24+/m1/s1. The van der Waals surface area contributed by atoms with Crippen LogP contribution in [-0.2, 0) is 4.74 Å². The van der Waals surface area contributed by atoms with Crippen molar-refractivity contribution in [1.29, 1.82) is 0 Å². The first-order chi connectivity index (χ1) is 13.2. The Morgan fingerprint density at radius 2 is 1.33 bits per heavy atom. The number of hydrogen-bond donors (Lipinski definition) is 2. The second-order valence-corrected chi connectivity index (χ2v) is 7.82. The zero-order valence-corrected chi connectivity index (χ0v) is 14.4. The van der Waals surface area contributed by atoms with Crippen LogP contribution in [-0.4, -0.2) is 22.4 Å². The van der Waals surface area contributed by atoms with Gasteiger partial charge in [-0.05, 0) is 54.2 Å². The molecule has 130 valence electrons. The number of hydrogen-bond acceptors (Lipinski definition) is 3. The van der Waals surface area contributed by atoms with Gasteiger partial charge in [0.1, 0.15) is 24.4 Å². The summed E-state index contributed by atoms with van der Waals surface area (Å²) in [6.07, 6.45) is -2.18. The number of aliphatic hydroxyl groups is 2. The monoisotopic (exact) mass is 352 g/mol. The Bertz CT molecular complexity index is 1400. The number of aliphatic hydroxyl groups excluding tert-OH is 2. The van der Waals surface area contributed by atoms with Crippen LogP contribution in [0.5, 0.6) is 0 Å². The molecule has 0 spiro atoms. The van der Waals surface area contributed by atoms with E-state index in [1.165, 1.54) is 37.7 Å². The Morgan fingerprint density at radius 3 is 2.11 bits per heavy atom. The van der Waals surface area contributed by atoms with Crippen molar-refractivity contribution in [1.82, 2.24) is 0 Å². The lowest BCUT2D eigenvalue weighted by atomic mass is 9.80. The van der Waals surface area contributed by atoms with Crippen molar-refractivity contribution in [3.05, 3.63) is 71.8 Å². The summed E-state index contributed by atoms with van der Waals surface area (Å²) in [6, 6.07) is 21.3. The van der Waals surface area contributed by atoms with Crippen molar-refractivity contribution in [2.75, 3.05) is 0 Å². The second kappa shape index (κ2) is 4.57. The third-order valence-electron chi connectivity index (χ3n) is 6.51. The van der Waals surface area contributed by atoms with Crippen molar-refractivity contribution in [3.63, 3.8) is 0 Å². The predicted molar refractivity (Wildman–Crippen MR) is 106 cm³/mol. The highest BCUT2D eigenvalue weighted by Gasteiger charge is 2.54. The Labute approximate surface area is 154 Å². The number of ether oxygens (including phenoxy) is 1. The van der Waals surface area contributed by atoms with Crippen LogP contribution in [0.25, 0.3) is 43.1 Å². The van der Waals surface area contributed by atoms with Gasteiger partial charge in [-0.2, -0.15) is 0 Å². The fourth-order valence-electron chi connectivity index (χ4n) is 5.28. The predicted octanol–water partition coefficient (Wildman–Crippen LogP) is 4.59. The number of epoxide rings is 1. The van der Waals surface area contributed by atoms with E-state index in [4.69, 9.17) is 4.74 Å². The van der Waals surface area contributed by atoms with Crippen LogP contribution in [0.2, 0.25) is 0 Å². The van der Waals surface area contributed by atoms with E-state index in [-0.39, 0.29) is 12.2 Å². The maximum Gasteiger partial charge on any atom is 0.118 e. The van der Waals surface area contributed by atoms with E-state index >= 15 is 0 Å². The van der Waals surface area contributed by atoms with E-state index in [1.807, 2.05) is 6.07 Å². The zero-order valence-electron chi connectivity index (χ0n) is 14.4. The van der Waals surface area contributed by atoms with Crippen LogP contribution in [0.3, 0.4) is 0 Å². The van der Waals surface area contributed by atoms with Crippen LogP contribution >= 0.6 is 0 Å². The molecule has 0 unspecified atom stereocenters. The molecular formula is C24H16O3. The normalized spacial score (nSPS) is 26.7. The van der Waals surface area contributed by atoms with Gasteiger partial charge in [0.15, 0.2) is 0 Å². The van der Waals surface area contributed by atoms with Crippen molar-refractivity contribution < 1.29 is 14.9 Å². The average molecular weight is 352 g/mol. The van der Waals surface area contributed by atoms with Crippen LogP contribution in [0.4, 0.5) is 0 Å². The van der Waals surface area contributed by atoms with Gasteiger partial charge in [0.25, 0.3) is 0 Å². The summed E-state index contributed by atoms with van der Waals surface area (Å²) in [4.78, 5) is 0. The molecule has 1 heterocycles. The summed E-state index contributed by atoms with van der Waals surface area (Å²) < 4.78 is 5.80. The van der Waals surface area contributed by atoms with Gasteiger partial charge in [-0.25, -0.2) is 0 Å². The Balaban J connectivity index is 1.80. The first kappa shape index (κ1) is 14.4. The molecule has 1 saturated heterocycles. The van der Waals surface area contributed by atoms with Gasteiger partial charge in [-0.1, -0.05) is 60.7 Å². The highest BCUT2D eigenvalue weighted by Crippen LogP contribution is 2.55. The minimum absolute atomic E-state index is 0.131. The first-order valence-corrected chi connectivity index (χ1v) is 9.37. The molecule has 1 fully saturated rings. The number of fused-ring (bicyclic) bond motifs is 7. The second-order valence-electron chi connectivity index (χ2n) is 7.82. The quantitative estimate of drug-likeness (QED) is 0.244. The zero-order chi connectivity index (χ0) is 17.9. The van der Waals surface area contributed by atoms with Gasteiger partial charge in [0.05, 0.1) is 0 Å². The van der Waals surface area contributed by atoms with Gasteiger partial charge in [-0.15, -0.1) is 0 Å². The molecule has 0 saturated carbocycles. The Hall–Kier alpha value is -2.72. The molecule has 7 rings (SSSR count). The smallest absolute Gasteiger partial charge is 0.118 e. The molecule has 0 aromatic heterocycles. The fraction of sp³-hybridized carbons (Fsp3) is 0.167. The van der Waals surface area contributed by atoms with Crippen LogP contribution in [0.15, 0.2) is 60.7 Å². The third kappa shape index (κ3) is 1.60. The van der Waals surface area contributed by atoms with E-state index < -0.39 is 12.2 Å². The summed E-state index contributed by atoms with van der Waals surface area (Å²) in [7, 11) is 0. The summed E-state index contributed by atoms with van der Waals surface area (Å²) in [5.41, 5.74) is 1.85. The maximum absolute atomic E-state index is 10.6. The average Bonchev–Trinajstić information content (AvgIpc) is 3.51. The molecule has 27 heavy (non-hydrogen) atoms. The SMILES string of the molecule is O[C@@H]1[C@@H]2O[C@@H]2c2c(ccc3c4cccc5ccc6cccc(c23)c6c54)[C@H]1O. The molecular weight excluding hydrogens is 336 g/mol. The molecule has 4 atom stereocenters. The van der Waals surface area contributed by atoms with Gasteiger partial charge >= 0.3 is 0 Å². The molecule has 1 aliphatic carbocycles. The van der Waals surface area contributed by atoms with E-state index in [0.717, 1.165) is 16.5 Å². The molecule has 5 aromatic carbocycles. The molecule has 3 heteroatoms. The number of benzene rings is 5. The Kier molecular flexibility index (Phi) is 2.43. The summed E-state index contributed by atoms with van der Waals surface area (Å²) in [5.74, 6) is 0. The molecule has 0 bridgehead atoms. The molecule has 0 amide bonds. The van der Waals surface area contributed by atoms with E-state index in [0.29, 0.717) is 0 Å². The highest BCUT2D eigenvalue weighted by molar-refractivity contribution is 6.34. The summed E-state index contributed by atoms with van der Waals surface area (Å²) in [5, 5.41) is 30.7. The minimum Gasteiger partial charge on any atom is -0.387 e. The van der Waals surface area contributed by atoms with Gasteiger partial charge in [0, 0.05) is 0 Å². The van der Waals surface area contributed by atoms with Crippen LogP contribution in [0, 0.1) is 0 Å². The molecule has 2 aliphatic rings. The lowest BCUT2D eigenvalue weighted by Gasteiger charge is -2.26. The Morgan fingerprint density at radius 1 is 0.667 bits per heavy atom. The third-order valence-corrected chi connectivity index (χ3v) is 6.51. The number of rotatable bonds is 0. The van der Waals surface area contributed by atoms with E-state index in [9.17, 15) is 10.2 Å². The van der Waals surface area contributed by atoms with Gasteiger partial charge < -0.3 is 14.9 Å². The lowest BCUT2D eigenvalue weighted by molar-refractivity contribution is 0.000110. The van der Waals surface area contributed by atoms with Gasteiger partial charge in [-0.3, -0.25) is 0 Å². The maximum atomic E-state index is 10.6. The highest BCUT2D eigenvalue weighted by atomic mass is 16.6. The topological polar surface area (TPSA) is 53.0 Å². The molecule has 5 aromatic rings. The fourth-order valence-corrected chi connectivity index (χ4v) is 5.28. The van der Waals surface area contributed by atoms with Gasteiger partial charge in [0.2, 0.25) is 0 Å². The van der Waals surface area contributed by atoms with E-state index in [1.54, 1.807) is 0 Å². The first-order valence-electron chi connectivity index (χ1n) is 9.37. The van der Waals surface area contributed by atoms with Crippen LogP contribution < -0.4 is 0 Å². The van der Waals surface area contributed by atoms with Crippen molar-refractivity contribution in [3.8, 4) is 0 Å². The molecule has 0 radical (unpaired) electrons. The lowest BCUT2D eigenvalue weighted by Crippen LogP contribution is -2.29. The summed E-state index contributed by atoms with van der Waals surface area (Å²) >= 11 is 0. The molecule has 1 aliphatic heterocycles. The van der Waals surface area contributed by atoms with Crippen molar-refractivity contribution >= 4 is 43.1 Å². The van der Waals surface area contributed by atoms with Crippen molar-refractivity contribution in [2.45, 2.75) is 24.4 Å². The van der Waals surface area contributed by atoms with E-state index in [2.05, 4.69) is 54.6 Å². The minimum atomic E-state index is -0.902. The summed E-state index contributed by atoms with van der Waals surface area (Å²) in [6.45, 7) is 0. The van der Waals surface area contributed by atoms with Crippen molar-refractivity contribution in [2.24, 2.45) is 0 Å².